The number of rotatable bonds is 1. The average Bonchev–Trinajstić information content (AvgIpc) is 2.65. The number of piperazine rings is 1. The lowest BCUT2D eigenvalue weighted by atomic mass is 10.3. The molecular weight excluding hydrogens is 196 g/mol. The van der Waals surface area contributed by atoms with Crippen LogP contribution in [0.1, 0.15) is 15.2 Å². The second-order valence-corrected chi connectivity index (χ2v) is 4.44. The summed E-state index contributed by atoms with van der Waals surface area (Å²) in [5, 5.41) is 5.26. The highest BCUT2D eigenvalue weighted by molar-refractivity contribution is 7.12. The fourth-order valence-corrected chi connectivity index (χ4v) is 2.43. The number of hydrogen-bond acceptors (Lipinski definition) is 3. The molecule has 1 aliphatic rings. The molecule has 0 aliphatic carbocycles. The Bertz CT molecular complexity index is 329. The number of hydrogen-bond donors (Lipinski definition) is 1. The van der Waals surface area contributed by atoms with Crippen LogP contribution < -0.4 is 5.32 Å². The Hall–Kier alpha value is -0.870. The summed E-state index contributed by atoms with van der Waals surface area (Å²) in [6, 6.07) is 1.97. The van der Waals surface area contributed by atoms with Crippen LogP contribution >= 0.6 is 11.3 Å². The lowest BCUT2D eigenvalue weighted by Gasteiger charge is -2.26. The smallest absolute Gasteiger partial charge is 0.264 e. The standard InChI is InChI=1S/C10H14N2OS/c1-8-6-9(14-7-8)10(13)12-4-2-11-3-5-12/h6-7,11H,2-5H2,1H3. The maximum absolute atomic E-state index is 11.9. The number of carbonyl (C=O) groups is 1. The van der Waals surface area contributed by atoms with Crippen LogP contribution in [0, 0.1) is 6.92 Å². The third kappa shape index (κ3) is 1.96. The van der Waals surface area contributed by atoms with Gasteiger partial charge in [-0.05, 0) is 23.9 Å². The van der Waals surface area contributed by atoms with Gasteiger partial charge in [-0.15, -0.1) is 11.3 Å². The highest BCUT2D eigenvalue weighted by Gasteiger charge is 2.18. The van der Waals surface area contributed by atoms with E-state index in [4.69, 9.17) is 0 Å². The maximum Gasteiger partial charge on any atom is 0.264 e. The third-order valence-corrected chi connectivity index (χ3v) is 3.38. The lowest BCUT2D eigenvalue weighted by molar-refractivity contribution is 0.0740. The van der Waals surface area contributed by atoms with Gasteiger partial charge in [0.25, 0.3) is 5.91 Å². The minimum atomic E-state index is 0.185. The average molecular weight is 210 g/mol. The molecule has 1 saturated heterocycles. The van der Waals surface area contributed by atoms with Crippen molar-refractivity contribution in [3.05, 3.63) is 21.9 Å². The Morgan fingerprint density at radius 2 is 2.21 bits per heavy atom. The summed E-state index contributed by atoms with van der Waals surface area (Å²) >= 11 is 1.54. The van der Waals surface area contributed by atoms with Crippen molar-refractivity contribution in [2.75, 3.05) is 26.2 Å². The Morgan fingerprint density at radius 1 is 1.50 bits per heavy atom. The van der Waals surface area contributed by atoms with Crippen molar-refractivity contribution in [1.82, 2.24) is 10.2 Å². The molecule has 0 bridgehead atoms. The number of nitrogens with one attached hydrogen (secondary N) is 1. The van der Waals surface area contributed by atoms with Crippen molar-refractivity contribution in [1.29, 1.82) is 0 Å². The third-order valence-electron chi connectivity index (χ3n) is 2.35. The molecule has 1 aliphatic heterocycles. The van der Waals surface area contributed by atoms with E-state index in [9.17, 15) is 4.79 Å². The van der Waals surface area contributed by atoms with Gasteiger partial charge in [0.2, 0.25) is 0 Å². The minimum absolute atomic E-state index is 0.185. The zero-order valence-corrected chi connectivity index (χ0v) is 9.06. The molecule has 76 valence electrons. The van der Waals surface area contributed by atoms with Crippen molar-refractivity contribution in [3.63, 3.8) is 0 Å². The molecule has 1 amide bonds. The molecule has 0 saturated carbocycles. The Morgan fingerprint density at radius 3 is 2.79 bits per heavy atom. The molecule has 4 heteroatoms. The molecule has 1 N–H and O–H groups in total. The van der Waals surface area contributed by atoms with Crippen LogP contribution in [0.25, 0.3) is 0 Å². The van der Waals surface area contributed by atoms with Gasteiger partial charge in [0, 0.05) is 26.2 Å². The predicted octanol–water partition coefficient (Wildman–Crippen LogP) is 1.10. The van der Waals surface area contributed by atoms with Crippen LogP contribution in [-0.2, 0) is 0 Å². The molecule has 0 spiro atoms. The minimum Gasteiger partial charge on any atom is -0.335 e. The van der Waals surface area contributed by atoms with Crippen LogP contribution in [0.5, 0.6) is 0 Å². The first-order valence-electron chi connectivity index (χ1n) is 4.82. The number of thiophene rings is 1. The highest BCUT2D eigenvalue weighted by Crippen LogP contribution is 2.16. The van der Waals surface area contributed by atoms with Crippen molar-refractivity contribution in [2.45, 2.75) is 6.92 Å². The molecule has 0 radical (unpaired) electrons. The van der Waals surface area contributed by atoms with Gasteiger partial charge in [0.15, 0.2) is 0 Å². The fraction of sp³-hybridized carbons (Fsp3) is 0.500. The summed E-state index contributed by atoms with van der Waals surface area (Å²) in [5.41, 5.74) is 1.17. The van der Waals surface area contributed by atoms with Crippen LogP contribution in [0.3, 0.4) is 0 Å². The number of nitrogens with zero attached hydrogens (tertiary/aromatic N) is 1. The molecular formula is C10H14N2OS. The van der Waals surface area contributed by atoms with Gasteiger partial charge in [-0.3, -0.25) is 4.79 Å². The molecule has 2 heterocycles. The van der Waals surface area contributed by atoms with E-state index in [-0.39, 0.29) is 5.91 Å². The topological polar surface area (TPSA) is 32.3 Å². The number of carbonyl (C=O) groups excluding carboxylic acids is 1. The molecule has 0 atom stereocenters. The van der Waals surface area contributed by atoms with E-state index in [0.29, 0.717) is 0 Å². The highest BCUT2D eigenvalue weighted by atomic mass is 32.1. The van der Waals surface area contributed by atoms with Crippen molar-refractivity contribution < 1.29 is 4.79 Å². The molecule has 1 aromatic rings. The number of amides is 1. The van der Waals surface area contributed by atoms with Crippen molar-refractivity contribution in [3.8, 4) is 0 Å². The van der Waals surface area contributed by atoms with E-state index >= 15 is 0 Å². The number of aryl methyl sites for hydroxylation is 1. The van der Waals surface area contributed by atoms with Crippen LogP contribution in [0.4, 0.5) is 0 Å². The summed E-state index contributed by atoms with van der Waals surface area (Å²) in [6.45, 7) is 5.50. The first-order valence-corrected chi connectivity index (χ1v) is 5.70. The zero-order chi connectivity index (χ0) is 9.97. The molecule has 1 fully saturated rings. The van der Waals surface area contributed by atoms with E-state index in [2.05, 4.69) is 5.32 Å². The van der Waals surface area contributed by atoms with E-state index in [1.807, 2.05) is 23.3 Å². The summed E-state index contributed by atoms with van der Waals surface area (Å²) in [5.74, 6) is 0.185. The summed E-state index contributed by atoms with van der Waals surface area (Å²) in [4.78, 5) is 14.7. The lowest BCUT2D eigenvalue weighted by Crippen LogP contribution is -2.46. The van der Waals surface area contributed by atoms with Gasteiger partial charge >= 0.3 is 0 Å². The molecule has 0 unspecified atom stereocenters. The van der Waals surface area contributed by atoms with E-state index in [1.54, 1.807) is 0 Å². The van der Waals surface area contributed by atoms with Gasteiger partial charge in [-0.25, -0.2) is 0 Å². The molecule has 14 heavy (non-hydrogen) atoms. The molecule has 2 rings (SSSR count). The summed E-state index contributed by atoms with van der Waals surface area (Å²) < 4.78 is 0. The Kier molecular flexibility index (Phi) is 2.84. The Labute approximate surface area is 87.7 Å². The first kappa shape index (κ1) is 9.68. The van der Waals surface area contributed by atoms with E-state index < -0.39 is 0 Å². The Balaban J connectivity index is 2.07. The molecule has 1 aromatic heterocycles. The quantitative estimate of drug-likeness (QED) is 0.753. The van der Waals surface area contributed by atoms with Gasteiger partial charge in [-0.2, -0.15) is 0 Å². The summed E-state index contributed by atoms with van der Waals surface area (Å²) in [6.07, 6.45) is 0. The van der Waals surface area contributed by atoms with E-state index in [1.165, 1.54) is 16.9 Å². The maximum atomic E-state index is 11.9. The SMILES string of the molecule is Cc1csc(C(=O)N2CCNCC2)c1. The largest absolute Gasteiger partial charge is 0.335 e. The van der Waals surface area contributed by atoms with Gasteiger partial charge in [0.1, 0.15) is 0 Å². The van der Waals surface area contributed by atoms with Crippen LogP contribution in [-0.4, -0.2) is 37.0 Å². The van der Waals surface area contributed by atoms with Gasteiger partial charge < -0.3 is 10.2 Å². The van der Waals surface area contributed by atoms with Crippen LogP contribution in [0.2, 0.25) is 0 Å². The second kappa shape index (κ2) is 4.11. The first-order chi connectivity index (χ1) is 6.77. The predicted molar refractivity (Wildman–Crippen MR) is 57.8 cm³/mol. The monoisotopic (exact) mass is 210 g/mol. The molecule has 3 nitrogen and oxygen atoms in total. The van der Waals surface area contributed by atoms with Crippen molar-refractivity contribution in [2.24, 2.45) is 0 Å². The van der Waals surface area contributed by atoms with E-state index in [0.717, 1.165) is 31.1 Å². The van der Waals surface area contributed by atoms with Crippen LogP contribution in [0.15, 0.2) is 11.4 Å². The molecule has 0 aromatic carbocycles. The zero-order valence-electron chi connectivity index (χ0n) is 8.25. The van der Waals surface area contributed by atoms with Crippen molar-refractivity contribution >= 4 is 17.2 Å². The fourth-order valence-electron chi connectivity index (χ4n) is 1.57. The summed E-state index contributed by atoms with van der Waals surface area (Å²) in [7, 11) is 0. The van der Waals surface area contributed by atoms with Gasteiger partial charge in [0.05, 0.1) is 4.88 Å². The normalized spacial score (nSPS) is 17.1. The van der Waals surface area contributed by atoms with Gasteiger partial charge in [-0.1, -0.05) is 0 Å². The second-order valence-electron chi connectivity index (χ2n) is 3.53.